The van der Waals surface area contributed by atoms with Gasteiger partial charge in [-0.2, -0.15) is 0 Å². The molecule has 1 aromatic carbocycles. The Morgan fingerprint density at radius 3 is 2.90 bits per heavy atom. The van der Waals surface area contributed by atoms with Crippen molar-refractivity contribution >= 4 is 5.69 Å². The summed E-state index contributed by atoms with van der Waals surface area (Å²) in [5.41, 5.74) is 1.05. The van der Waals surface area contributed by atoms with Gasteiger partial charge in [0.25, 0.3) is 5.69 Å². The number of hydrogen-bond acceptors (Lipinski definition) is 4. The van der Waals surface area contributed by atoms with Gasteiger partial charge in [-0.15, -0.1) is 0 Å². The molecule has 0 amide bonds. The van der Waals surface area contributed by atoms with Gasteiger partial charge in [-0.25, -0.2) is 0 Å². The Morgan fingerprint density at radius 1 is 1.35 bits per heavy atom. The average molecular weight is 274 g/mol. The van der Waals surface area contributed by atoms with Crippen LogP contribution in [0.1, 0.15) is 24.7 Å². The first-order valence-electron chi connectivity index (χ1n) is 6.64. The van der Waals surface area contributed by atoms with Crippen LogP contribution in [0.25, 0.3) is 0 Å². The van der Waals surface area contributed by atoms with Crippen LogP contribution in [0.3, 0.4) is 0 Å². The second-order valence-electron chi connectivity index (χ2n) is 4.83. The largest absolute Gasteiger partial charge is 0.469 e. The third-order valence-corrected chi connectivity index (χ3v) is 3.18. The van der Waals surface area contributed by atoms with E-state index in [1.807, 2.05) is 18.2 Å². The molecule has 0 bridgehead atoms. The van der Waals surface area contributed by atoms with Crippen LogP contribution in [0.2, 0.25) is 0 Å². The predicted molar refractivity (Wildman–Crippen MR) is 76.4 cm³/mol. The number of aryl methyl sites for hydroxylation is 1. The highest BCUT2D eigenvalue weighted by molar-refractivity contribution is 5.34. The number of non-ortho nitro benzene ring substituents is 1. The molecule has 1 N–H and O–H groups in total. The molecule has 1 unspecified atom stereocenters. The van der Waals surface area contributed by atoms with Crippen LogP contribution in [-0.4, -0.2) is 11.0 Å². The summed E-state index contributed by atoms with van der Waals surface area (Å²) in [5, 5.41) is 14.1. The number of nitrogens with zero attached hydrogens (tertiary/aromatic N) is 1. The molecule has 2 aromatic rings. The lowest BCUT2D eigenvalue weighted by Gasteiger charge is -2.13. The van der Waals surface area contributed by atoms with Gasteiger partial charge in [-0.05, 0) is 31.0 Å². The zero-order chi connectivity index (χ0) is 14.4. The van der Waals surface area contributed by atoms with E-state index in [0.717, 1.165) is 24.2 Å². The third kappa shape index (κ3) is 4.20. The summed E-state index contributed by atoms with van der Waals surface area (Å²) in [5.74, 6) is 0.981. The fourth-order valence-corrected chi connectivity index (χ4v) is 1.99. The standard InChI is InChI=1S/C15H18N2O3/c1-12(7-8-15-6-3-9-20-15)16-11-13-4-2-5-14(10-13)17(18)19/h2-6,9-10,12,16H,7-8,11H2,1H3. The third-order valence-electron chi connectivity index (χ3n) is 3.18. The van der Waals surface area contributed by atoms with E-state index in [2.05, 4.69) is 12.2 Å². The van der Waals surface area contributed by atoms with Crippen LogP contribution < -0.4 is 5.32 Å². The van der Waals surface area contributed by atoms with Gasteiger partial charge in [0.2, 0.25) is 0 Å². The molecule has 1 heterocycles. The zero-order valence-corrected chi connectivity index (χ0v) is 11.4. The van der Waals surface area contributed by atoms with Crippen LogP contribution >= 0.6 is 0 Å². The monoisotopic (exact) mass is 274 g/mol. The van der Waals surface area contributed by atoms with Gasteiger partial charge in [0.05, 0.1) is 11.2 Å². The number of rotatable bonds is 7. The van der Waals surface area contributed by atoms with Crippen LogP contribution in [0.5, 0.6) is 0 Å². The molecule has 0 spiro atoms. The lowest BCUT2D eigenvalue weighted by molar-refractivity contribution is -0.384. The second kappa shape index (κ2) is 6.86. The first kappa shape index (κ1) is 14.3. The Kier molecular flexibility index (Phi) is 4.90. The normalized spacial score (nSPS) is 12.2. The van der Waals surface area contributed by atoms with Crippen molar-refractivity contribution in [1.82, 2.24) is 5.32 Å². The van der Waals surface area contributed by atoms with E-state index in [1.165, 1.54) is 6.07 Å². The molecule has 5 heteroatoms. The summed E-state index contributed by atoms with van der Waals surface area (Å²) in [4.78, 5) is 10.3. The van der Waals surface area contributed by atoms with Gasteiger partial charge in [-0.3, -0.25) is 10.1 Å². The SMILES string of the molecule is CC(CCc1ccco1)NCc1cccc([N+](=O)[O-])c1. The van der Waals surface area contributed by atoms with Crippen molar-refractivity contribution < 1.29 is 9.34 Å². The summed E-state index contributed by atoms with van der Waals surface area (Å²) in [6, 6.07) is 10.9. The first-order chi connectivity index (χ1) is 9.65. The van der Waals surface area contributed by atoms with Crippen molar-refractivity contribution in [3.8, 4) is 0 Å². The maximum Gasteiger partial charge on any atom is 0.269 e. The molecule has 5 nitrogen and oxygen atoms in total. The molecule has 0 fully saturated rings. The van der Waals surface area contributed by atoms with Gasteiger partial charge in [-0.1, -0.05) is 12.1 Å². The Hall–Kier alpha value is -2.14. The fraction of sp³-hybridized carbons (Fsp3) is 0.333. The molecular weight excluding hydrogens is 256 g/mol. The predicted octanol–water partition coefficient (Wildman–Crippen LogP) is 3.30. The lowest BCUT2D eigenvalue weighted by atomic mass is 10.1. The van der Waals surface area contributed by atoms with E-state index >= 15 is 0 Å². The number of nitro benzene ring substituents is 1. The van der Waals surface area contributed by atoms with Crippen molar-refractivity contribution in [2.45, 2.75) is 32.4 Å². The topological polar surface area (TPSA) is 68.3 Å². The summed E-state index contributed by atoms with van der Waals surface area (Å²) in [6.45, 7) is 2.72. The highest BCUT2D eigenvalue weighted by Crippen LogP contribution is 2.13. The zero-order valence-electron chi connectivity index (χ0n) is 11.4. The van der Waals surface area contributed by atoms with Crippen LogP contribution in [0, 0.1) is 10.1 Å². The Labute approximate surface area is 117 Å². The number of nitrogens with one attached hydrogen (secondary N) is 1. The van der Waals surface area contributed by atoms with E-state index in [0.29, 0.717) is 12.6 Å². The molecule has 0 aliphatic heterocycles. The highest BCUT2D eigenvalue weighted by atomic mass is 16.6. The molecule has 1 atom stereocenters. The molecule has 0 aliphatic rings. The molecule has 106 valence electrons. The fourth-order valence-electron chi connectivity index (χ4n) is 1.99. The van der Waals surface area contributed by atoms with Gasteiger partial charge >= 0.3 is 0 Å². The smallest absolute Gasteiger partial charge is 0.269 e. The quantitative estimate of drug-likeness (QED) is 0.621. The van der Waals surface area contributed by atoms with Crippen LogP contribution in [0.15, 0.2) is 47.1 Å². The molecular formula is C15H18N2O3. The van der Waals surface area contributed by atoms with E-state index in [1.54, 1.807) is 18.4 Å². The van der Waals surface area contributed by atoms with Gasteiger partial charge < -0.3 is 9.73 Å². The summed E-state index contributed by atoms with van der Waals surface area (Å²) < 4.78 is 5.29. The summed E-state index contributed by atoms with van der Waals surface area (Å²) in [6.07, 6.45) is 3.52. The molecule has 0 aliphatic carbocycles. The molecule has 2 rings (SSSR count). The lowest BCUT2D eigenvalue weighted by Crippen LogP contribution is -2.25. The van der Waals surface area contributed by atoms with Gasteiger partial charge in [0, 0.05) is 31.1 Å². The van der Waals surface area contributed by atoms with Crippen LogP contribution in [-0.2, 0) is 13.0 Å². The average Bonchev–Trinajstić information content (AvgIpc) is 2.96. The second-order valence-corrected chi connectivity index (χ2v) is 4.83. The highest BCUT2D eigenvalue weighted by Gasteiger charge is 2.07. The van der Waals surface area contributed by atoms with Gasteiger partial charge in [0.15, 0.2) is 0 Å². The summed E-state index contributed by atoms with van der Waals surface area (Å²) >= 11 is 0. The first-order valence-corrected chi connectivity index (χ1v) is 6.64. The van der Waals surface area contributed by atoms with E-state index in [4.69, 9.17) is 4.42 Å². The van der Waals surface area contributed by atoms with Crippen molar-refractivity contribution in [1.29, 1.82) is 0 Å². The van der Waals surface area contributed by atoms with Crippen LogP contribution in [0.4, 0.5) is 5.69 Å². The molecule has 1 aromatic heterocycles. The maximum absolute atomic E-state index is 10.7. The van der Waals surface area contributed by atoms with Gasteiger partial charge in [0.1, 0.15) is 5.76 Å². The molecule has 0 radical (unpaired) electrons. The minimum absolute atomic E-state index is 0.132. The maximum atomic E-state index is 10.7. The minimum atomic E-state index is -0.371. The Bertz CT molecular complexity index is 552. The van der Waals surface area contributed by atoms with E-state index in [-0.39, 0.29) is 10.6 Å². The number of furan rings is 1. The number of benzene rings is 1. The van der Waals surface area contributed by atoms with Crippen molar-refractivity contribution in [2.24, 2.45) is 0 Å². The minimum Gasteiger partial charge on any atom is -0.469 e. The van der Waals surface area contributed by atoms with Crippen molar-refractivity contribution in [3.05, 3.63) is 64.1 Å². The molecule has 20 heavy (non-hydrogen) atoms. The van der Waals surface area contributed by atoms with Crippen molar-refractivity contribution in [2.75, 3.05) is 0 Å². The Morgan fingerprint density at radius 2 is 2.20 bits per heavy atom. The van der Waals surface area contributed by atoms with Crippen molar-refractivity contribution in [3.63, 3.8) is 0 Å². The van der Waals surface area contributed by atoms with E-state index < -0.39 is 0 Å². The number of hydrogen-bond donors (Lipinski definition) is 1. The number of nitro groups is 1. The van der Waals surface area contributed by atoms with E-state index in [9.17, 15) is 10.1 Å². The Balaban J connectivity index is 1.79. The molecule has 0 saturated heterocycles. The molecule has 0 saturated carbocycles. The summed E-state index contributed by atoms with van der Waals surface area (Å²) in [7, 11) is 0.